The molecule has 1 aromatic rings. The van der Waals surface area contributed by atoms with Gasteiger partial charge in [0.1, 0.15) is 5.82 Å². The number of nitrogens with one attached hydrogen (secondary N) is 1. The van der Waals surface area contributed by atoms with Gasteiger partial charge in [0, 0.05) is 36.7 Å². The lowest BCUT2D eigenvalue weighted by Gasteiger charge is -2.34. The third-order valence-corrected chi connectivity index (χ3v) is 4.59. The van der Waals surface area contributed by atoms with Crippen molar-refractivity contribution in [2.24, 2.45) is 5.92 Å². The average Bonchev–Trinajstić information content (AvgIpc) is 3.32. The standard InChI is InChI=1S/C17H23FN2O/c1-12(15-4-2-3-5-16(15)18)19-14-8-10-20(11-9-14)17(21)13-6-7-13/h2-5,12-14,19H,6-11H2,1H3. The van der Waals surface area contributed by atoms with Crippen LogP contribution in [0.15, 0.2) is 24.3 Å². The van der Waals surface area contributed by atoms with Gasteiger partial charge >= 0.3 is 0 Å². The Hall–Kier alpha value is -1.42. The van der Waals surface area contributed by atoms with Crippen molar-refractivity contribution < 1.29 is 9.18 Å². The number of hydrogen-bond donors (Lipinski definition) is 1. The van der Waals surface area contributed by atoms with E-state index in [1.807, 2.05) is 24.0 Å². The van der Waals surface area contributed by atoms with Crippen LogP contribution in [0.5, 0.6) is 0 Å². The zero-order chi connectivity index (χ0) is 14.8. The van der Waals surface area contributed by atoms with Crippen molar-refractivity contribution >= 4 is 5.91 Å². The third-order valence-electron chi connectivity index (χ3n) is 4.59. The molecule has 2 aliphatic rings. The van der Waals surface area contributed by atoms with Crippen molar-refractivity contribution in [1.29, 1.82) is 0 Å². The Labute approximate surface area is 125 Å². The van der Waals surface area contributed by atoms with Crippen LogP contribution in [0, 0.1) is 11.7 Å². The molecule has 1 atom stereocenters. The number of carbonyl (C=O) groups excluding carboxylic acids is 1. The van der Waals surface area contributed by atoms with Crippen LogP contribution in [0.4, 0.5) is 4.39 Å². The Balaban J connectivity index is 1.51. The molecule has 2 fully saturated rings. The van der Waals surface area contributed by atoms with Crippen LogP contribution < -0.4 is 5.32 Å². The molecule has 0 radical (unpaired) electrons. The van der Waals surface area contributed by atoms with Gasteiger partial charge in [-0.3, -0.25) is 4.79 Å². The first-order valence-corrected chi connectivity index (χ1v) is 7.94. The highest BCUT2D eigenvalue weighted by Gasteiger charge is 2.35. The molecule has 1 aliphatic heterocycles. The first-order chi connectivity index (χ1) is 10.1. The first-order valence-electron chi connectivity index (χ1n) is 7.94. The maximum Gasteiger partial charge on any atom is 0.225 e. The van der Waals surface area contributed by atoms with E-state index in [-0.39, 0.29) is 11.9 Å². The molecular formula is C17H23FN2O. The molecule has 1 aliphatic carbocycles. The lowest BCUT2D eigenvalue weighted by Crippen LogP contribution is -2.46. The monoisotopic (exact) mass is 290 g/mol. The fourth-order valence-corrected chi connectivity index (χ4v) is 3.12. The number of hydrogen-bond acceptors (Lipinski definition) is 2. The van der Waals surface area contributed by atoms with Gasteiger partial charge in [0.25, 0.3) is 0 Å². The van der Waals surface area contributed by atoms with Crippen molar-refractivity contribution in [3.05, 3.63) is 35.6 Å². The number of benzene rings is 1. The molecule has 114 valence electrons. The minimum Gasteiger partial charge on any atom is -0.342 e. The second-order valence-corrected chi connectivity index (χ2v) is 6.28. The lowest BCUT2D eigenvalue weighted by atomic mass is 10.0. The molecule has 4 heteroatoms. The number of piperidine rings is 1. The summed E-state index contributed by atoms with van der Waals surface area (Å²) in [5.41, 5.74) is 0.717. The summed E-state index contributed by atoms with van der Waals surface area (Å²) >= 11 is 0. The van der Waals surface area contributed by atoms with Crippen molar-refractivity contribution in [2.75, 3.05) is 13.1 Å². The molecule has 1 unspecified atom stereocenters. The van der Waals surface area contributed by atoms with E-state index >= 15 is 0 Å². The van der Waals surface area contributed by atoms with E-state index in [1.54, 1.807) is 6.07 Å². The second kappa shape index (κ2) is 6.14. The molecule has 1 saturated carbocycles. The SMILES string of the molecule is CC(NC1CCN(C(=O)C2CC2)CC1)c1ccccc1F. The molecule has 0 aromatic heterocycles. The predicted molar refractivity (Wildman–Crippen MR) is 80.3 cm³/mol. The van der Waals surface area contributed by atoms with E-state index < -0.39 is 0 Å². The predicted octanol–water partition coefficient (Wildman–Crippen LogP) is 2.88. The fourth-order valence-electron chi connectivity index (χ4n) is 3.12. The quantitative estimate of drug-likeness (QED) is 0.925. The number of nitrogens with zero attached hydrogens (tertiary/aromatic N) is 1. The van der Waals surface area contributed by atoms with Crippen molar-refractivity contribution in [3.63, 3.8) is 0 Å². The topological polar surface area (TPSA) is 32.3 Å². The van der Waals surface area contributed by atoms with E-state index in [9.17, 15) is 9.18 Å². The summed E-state index contributed by atoms with van der Waals surface area (Å²) in [5.74, 6) is 0.501. The minimum atomic E-state index is -0.154. The van der Waals surface area contributed by atoms with Crippen LogP contribution in [-0.4, -0.2) is 29.9 Å². The zero-order valence-corrected chi connectivity index (χ0v) is 12.5. The fraction of sp³-hybridized carbons (Fsp3) is 0.588. The van der Waals surface area contributed by atoms with Gasteiger partial charge in [-0.2, -0.15) is 0 Å². The lowest BCUT2D eigenvalue weighted by molar-refractivity contribution is -0.133. The van der Waals surface area contributed by atoms with Crippen LogP contribution in [0.3, 0.4) is 0 Å². The number of rotatable bonds is 4. The van der Waals surface area contributed by atoms with E-state index in [0.717, 1.165) is 38.8 Å². The van der Waals surface area contributed by atoms with Gasteiger partial charge in [0.2, 0.25) is 5.91 Å². The molecule has 1 aromatic carbocycles. The van der Waals surface area contributed by atoms with Crippen LogP contribution in [0.2, 0.25) is 0 Å². The Morgan fingerprint density at radius 1 is 1.24 bits per heavy atom. The van der Waals surface area contributed by atoms with E-state index in [0.29, 0.717) is 23.4 Å². The molecular weight excluding hydrogens is 267 g/mol. The summed E-state index contributed by atoms with van der Waals surface area (Å²) in [4.78, 5) is 14.0. The summed E-state index contributed by atoms with van der Waals surface area (Å²) in [6.07, 6.45) is 4.05. The summed E-state index contributed by atoms with van der Waals surface area (Å²) in [7, 11) is 0. The van der Waals surface area contributed by atoms with Gasteiger partial charge in [-0.15, -0.1) is 0 Å². The Bertz CT molecular complexity index is 507. The zero-order valence-electron chi connectivity index (χ0n) is 12.5. The van der Waals surface area contributed by atoms with Crippen LogP contribution in [0.1, 0.15) is 44.2 Å². The Morgan fingerprint density at radius 2 is 1.90 bits per heavy atom. The van der Waals surface area contributed by atoms with Gasteiger partial charge in [-0.1, -0.05) is 18.2 Å². The number of likely N-dealkylation sites (tertiary alicyclic amines) is 1. The highest BCUT2D eigenvalue weighted by Crippen LogP contribution is 2.32. The molecule has 1 saturated heterocycles. The normalized spacial score (nSPS) is 21.3. The molecule has 3 rings (SSSR count). The van der Waals surface area contributed by atoms with Gasteiger partial charge in [-0.05, 0) is 38.7 Å². The summed E-state index contributed by atoms with van der Waals surface area (Å²) < 4.78 is 13.8. The maximum atomic E-state index is 13.8. The highest BCUT2D eigenvalue weighted by molar-refractivity contribution is 5.81. The smallest absolute Gasteiger partial charge is 0.225 e. The number of carbonyl (C=O) groups is 1. The Morgan fingerprint density at radius 3 is 2.52 bits per heavy atom. The third kappa shape index (κ3) is 3.43. The summed E-state index contributed by atoms with van der Waals surface area (Å²) in [6, 6.07) is 7.29. The molecule has 1 N–H and O–H groups in total. The van der Waals surface area contributed by atoms with Gasteiger partial charge in [0.15, 0.2) is 0 Å². The van der Waals surface area contributed by atoms with Crippen molar-refractivity contribution in [1.82, 2.24) is 10.2 Å². The minimum absolute atomic E-state index is 0.00174. The summed E-state index contributed by atoms with van der Waals surface area (Å²) in [6.45, 7) is 3.66. The average molecular weight is 290 g/mol. The maximum absolute atomic E-state index is 13.8. The number of halogens is 1. The van der Waals surface area contributed by atoms with Gasteiger partial charge in [-0.25, -0.2) is 4.39 Å². The van der Waals surface area contributed by atoms with Gasteiger partial charge < -0.3 is 10.2 Å². The first kappa shape index (κ1) is 14.5. The molecule has 1 heterocycles. The summed E-state index contributed by atoms with van der Waals surface area (Å²) in [5, 5.41) is 3.50. The van der Waals surface area contributed by atoms with E-state index in [2.05, 4.69) is 5.32 Å². The molecule has 0 spiro atoms. The van der Waals surface area contributed by atoms with Gasteiger partial charge in [0.05, 0.1) is 0 Å². The van der Waals surface area contributed by atoms with Crippen molar-refractivity contribution in [3.8, 4) is 0 Å². The largest absolute Gasteiger partial charge is 0.342 e. The number of amides is 1. The van der Waals surface area contributed by atoms with Crippen LogP contribution >= 0.6 is 0 Å². The van der Waals surface area contributed by atoms with Crippen molar-refractivity contribution in [2.45, 2.75) is 44.7 Å². The molecule has 1 amide bonds. The highest BCUT2D eigenvalue weighted by atomic mass is 19.1. The Kier molecular flexibility index (Phi) is 4.24. The second-order valence-electron chi connectivity index (χ2n) is 6.28. The van der Waals surface area contributed by atoms with E-state index in [4.69, 9.17) is 0 Å². The molecule has 3 nitrogen and oxygen atoms in total. The molecule has 0 bridgehead atoms. The van der Waals surface area contributed by atoms with Crippen LogP contribution in [0.25, 0.3) is 0 Å². The van der Waals surface area contributed by atoms with E-state index in [1.165, 1.54) is 6.07 Å². The molecule has 21 heavy (non-hydrogen) atoms. The van der Waals surface area contributed by atoms with Crippen LogP contribution in [-0.2, 0) is 4.79 Å².